The molecule has 0 N–H and O–H groups in total. The summed E-state index contributed by atoms with van der Waals surface area (Å²) in [5.74, 6) is 0. The number of rotatable bonds is 4. The number of hydrogen-bond donors (Lipinski definition) is 0. The average Bonchev–Trinajstić information content (AvgIpc) is 3.70. The van der Waals surface area contributed by atoms with Crippen molar-refractivity contribution < 1.29 is 0 Å². The lowest BCUT2D eigenvalue weighted by Gasteiger charge is -2.13. The summed E-state index contributed by atoms with van der Waals surface area (Å²) in [6.45, 7) is 0. The molecule has 2 heterocycles. The van der Waals surface area contributed by atoms with Gasteiger partial charge in [0.1, 0.15) is 6.07 Å². The van der Waals surface area contributed by atoms with Gasteiger partial charge in [0, 0.05) is 32.8 Å². The van der Waals surface area contributed by atoms with Crippen molar-refractivity contribution in [1.82, 2.24) is 9.13 Å². The van der Waals surface area contributed by atoms with Crippen LogP contribution in [0.4, 0.5) is 0 Å². The van der Waals surface area contributed by atoms with Crippen LogP contribution in [0, 0.1) is 34.0 Å². The molecule has 0 aliphatic heterocycles. The zero-order chi connectivity index (χ0) is 33.8. The van der Waals surface area contributed by atoms with Gasteiger partial charge < -0.3 is 9.13 Å². The van der Waals surface area contributed by atoms with Crippen molar-refractivity contribution in [2.24, 2.45) is 0 Å². The topological polar surface area (TPSA) is 81.2 Å². The molecule has 0 spiro atoms. The second-order valence-corrected chi connectivity index (χ2v) is 12.3. The van der Waals surface area contributed by atoms with Gasteiger partial charge in [-0.1, -0.05) is 84.9 Å². The number of hydrogen-bond acceptors (Lipinski definition) is 3. The fourth-order valence-electron chi connectivity index (χ4n) is 7.49. The lowest BCUT2D eigenvalue weighted by molar-refractivity contribution is 1.17. The Kier molecular flexibility index (Phi) is 6.56. The Morgan fingerprint density at radius 3 is 1.94 bits per heavy atom. The SMILES string of the molecule is N#Cc1cccc(-n2c3ccccc3c3cccc(-c4cccc(-c5cccc6c5c5cc(C#N)ccc5n6-c5ccccc5C#N)c4)c32)c1. The molecule has 0 atom stereocenters. The maximum atomic E-state index is 10.0. The van der Waals surface area contributed by atoms with Gasteiger partial charge in [0.15, 0.2) is 0 Å². The summed E-state index contributed by atoms with van der Waals surface area (Å²) >= 11 is 0. The molecule has 0 fully saturated rings. The molecular formula is C45H25N5. The van der Waals surface area contributed by atoms with E-state index in [1.54, 1.807) is 0 Å². The van der Waals surface area contributed by atoms with Crippen molar-refractivity contribution in [3.8, 4) is 51.8 Å². The molecule has 0 amide bonds. The molecule has 0 aliphatic carbocycles. The smallest absolute Gasteiger partial charge is 0.101 e. The van der Waals surface area contributed by atoms with Gasteiger partial charge in [-0.3, -0.25) is 0 Å². The van der Waals surface area contributed by atoms with E-state index in [4.69, 9.17) is 0 Å². The van der Waals surface area contributed by atoms with E-state index in [9.17, 15) is 15.8 Å². The molecule has 0 unspecified atom stereocenters. The third-order valence-electron chi connectivity index (χ3n) is 9.60. The normalized spacial score (nSPS) is 11.1. The van der Waals surface area contributed by atoms with E-state index in [0.29, 0.717) is 16.7 Å². The highest BCUT2D eigenvalue weighted by Crippen LogP contribution is 2.42. The summed E-state index contributed by atoms with van der Waals surface area (Å²) in [6.07, 6.45) is 0. The van der Waals surface area contributed by atoms with Gasteiger partial charge >= 0.3 is 0 Å². The van der Waals surface area contributed by atoms with E-state index in [-0.39, 0.29) is 0 Å². The van der Waals surface area contributed by atoms with Crippen molar-refractivity contribution in [1.29, 1.82) is 15.8 Å². The van der Waals surface area contributed by atoms with Crippen LogP contribution in [-0.4, -0.2) is 9.13 Å². The summed E-state index contributed by atoms with van der Waals surface area (Å²) < 4.78 is 4.39. The van der Waals surface area contributed by atoms with Crippen LogP contribution in [0.2, 0.25) is 0 Å². The Morgan fingerprint density at radius 2 is 1.08 bits per heavy atom. The highest BCUT2D eigenvalue weighted by molar-refractivity contribution is 6.17. The largest absolute Gasteiger partial charge is 0.309 e. The minimum atomic E-state index is 0.576. The second kappa shape index (κ2) is 11.4. The summed E-state index contributed by atoms with van der Waals surface area (Å²) in [4.78, 5) is 0. The van der Waals surface area contributed by atoms with Crippen LogP contribution in [0.15, 0.2) is 152 Å². The first kappa shape index (κ1) is 28.8. The predicted octanol–water partition coefficient (Wildman–Crippen LogP) is 10.8. The Balaban J connectivity index is 1.32. The van der Waals surface area contributed by atoms with Crippen LogP contribution < -0.4 is 0 Å². The van der Waals surface area contributed by atoms with Gasteiger partial charge in [0.25, 0.3) is 0 Å². The number of fused-ring (bicyclic) bond motifs is 6. The number of para-hydroxylation sites is 3. The Bertz CT molecular complexity index is 2970. The Labute approximate surface area is 287 Å². The molecule has 7 aromatic carbocycles. The van der Waals surface area contributed by atoms with Crippen LogP contribution in [-0.2, 0) is 0 Å². The van der Waals surface area contributed by atoms with Crippen molar-refractivity contribution in [3.05, 3.63) is 168 Å². The number of nitriles is 3. The molecule has 0 saturated carbocycles. The number of benzene rings is 7. The van der Waals surface area contributed by atoms with Gasteiger partial charge in [-0.05, 0) is 83.4 Å². The highest BCUT2D eigenvalue weighted by Gasteiger charge is 2.20. The lowest BCUT2D eigenvalue weighted by atomic mass is 9.94. The van der Waals surface area contributed by atoms with E-state index >= 15 is 0 Å². The fraction of sp³-hybridized carbons (Fsp3) is 0. The highest BCUT2D eigenvalue weighted by atomic mass is 15.0. The molecule has 5 heteroatoms. The lowest BCUT2D eigenvalue weighted by Crippen LogP contribution is -1.97. The van der Waals surface area contributed by atoms with Crippen molar-refractivity contribution in [2.45, 2.75) is 0 Å². The Morgan fingerprint density at radius 1 is 0.420 bits per heavy atom. The van der Waals surface area contributed by atoms with Crippen LogP contribution >= 0.6 is 0 Å². The maximum absolute atomic E-state index is 10.0. The fourth-order valence-corrected chi connectivity index (χ4v) is 7.49. The van der Waals surface area contributed by atoms with Crippen LogP contribution in [0.25, 0.3) is 77.2 Å². The average molecular weight is 636 g/mol. The van der Waals surface area contributed by atoms with Crippen LogP contribution in [0.5, 0.6) is 0 Å². The molecule has 0 aliphatic rings. The van der Waals surface area contributed by atoms with E-state index in [1.807, 2.05) is 60.7 Å². The zero-order valence-corrected chi connectivity index (χ0v) is 26.7. The molecule has 2 aromatic heterocycles. The number of nitrogens with zero attached hydrogens (tertiary/aromatic N) is 5. The third kappa shape index (κ3) is 4.31. The first-order chi connectivity index (χ1) is 24.7. The second-order valence-electron chi connectivity index (χ2n) is 12.3. The summed E-state index contributed by atoms with van der Waals surface area (Å²) in [5, 5.41) is 33.9. The predicted molar refractivity (Wildman–Crippen MR) is 200 cm³/mol. The molecule has 0 bridgehead atoms. The molecule has 0 saturated heterocycles. The van der Waals surface area contributed by atoms with E-state index in [0.717, 1.165) is 77.2 Å². The summed E-state index contributed by atoms with van der Waals surface area (Å²) in [6, 6.07) is 57.8. The molecule has 0 radical (unpaired) electrons. The maximum Gasteiger partial charge on any atom is 0.101 e. The van der Waals surface area contributed by atoms with Crippen molar-refractivity contribution in [3.63, 3.8) is 0 Å². The van der Waals surface area contributed by atoms with Crippen molar-refractivity contribution >= 4 is 43.6 Å². The first-order valence-corrected chi connectivity index (χ1v) is 16.3. The van der Waals surface area contributed by atoms with Gasteiger partial charge in [-0.15, -0.1) is 0 Å². The summed E-state index contributed by atoms with van der Waals surface area (Å²) in [7, 11) is 0. The van der Waals surface area contributed by atoms with Gasteiger partial charge in [0.2, 0.25) is 0 Å². The molecule has 5 nitrogen and oxygen atoms in total. The Hall–Kier alpha value is -7.39. The van der Waals surface area contributed by atoms with Gasteiger partial charge in [-0.2, -0.15) is 15.8 Å². The van der Waals surface area contributed by atoms with E-state index in [2.05, 4.69) is 118 Å². The summed E-state index contributed by atoms with van der Waals surface area (Å²) in [5.41, 5.74) is 11.7. The molecule has 50 heavy (non-hydrogen) atoms. The van der Waals surface area contributed by atoms with Crippen LogP contribution in [0.3, 0.4) is 0 Å². The van der Waals surface area contributed by atoms with Crippen LogP contribution in [0.1, 0.15) is 16.7 Å². The molecule has 9 aromatic rings. The molecular weight excluding hydrogens is 611 g/mol. The van der Waals surface area contributed by atoms with Crippen molar-refractivity contribution in [2.75, 3.05) is 0 Å². The van der Waals surface area contributed by atoms with Gasteiger partial charge in [-0.25, -0.2) is 0 Å². The monoisotopic (exact) mass is 635 g/mol. The first-order valence-electron chi connectivity index (χ1n) is 16.3. The minimum Gasteiger partial charge on any atom is -0.309 e. The van der Waals surface area contributed by atoms with E-state index in [1.165, 1.54) is 0 Å². The third-order valence-corrected chi connectivity index (χ3v) is 9.60. The zero-order valence-electron chi connectivity index (χ0n) is 26.7. The van der Waals surface area contributed by atoms with Gasteiger partial charge in [0.05, 0.1) is 56.6 Å². The number of aromatic nitrogens is 2. The van der Waals surface area contributed by atoms with E-state index < -0.39 is 0 Å². The minimum absolute atomic E-state index is 0.576. The quantitative estimate of drug-likeness (QED) is 0.193. The molecule has 9 rings (SSSR count). The standard InChI is InChI=1S/C45H25N5/c46-26-29-9-5-13-34(23-29)49-41-19-4-2-14-37(41)38-17-7-16-36(45(38)49)32-12-6-11-31(25-32)35-15-8-20-43-44(35)39-24-30(27-47)21-22-42(39)50(43)40-18-3-1-10-33(40)28-48/h1-25H. The molecule has 230 valence electrons.